The van der Waals surface area contributed by atoms with Crippen molar-refractivity contribution in [2.45, 2.75) is 24.0 Å². The third-order valence-corrected chi connectivity index (χ3v) is 5.83. The molecule has 8 heteroatoms. The Balaban J connectivity index is 1.41. The van der Waals surface area contributed by atoms with Gasteiger partial charge >= 0.3 is 0 Å². The van der Waals surface area contributed by atoms with Crippen molar-refractivity contribution in [3.05, 3.63) is 65.5 Å². The molecule has 2 aromatic carbocycles. The van der Waals surface area contributed by atoms with Crippen molar-refractivity contribution in [2.75, 3.05) is 17.7 Å². The van der Waals surface area contributed by atoms with E-state index in [1.54, 1.807) is 18.2 Å². The number of aryl methyl sites for hydroxylation is 1. The summed E-state index contributed by atoms with van der Waals surface area (Å²) in [4.78, 5) is 0. The van der Waals surface area contributed by atoms with Crippen molar-refractivity contribution in [2.24, 2.45) is 0 Å². The molecule has 1 atom stereocenters. The fourth-order valence-electron chi connectivity index (χ4n) is 2.28. The molecule has 0 amide bonds. The molecule has 27 heavy (non-hydrogen) atoms. The number of hydrogen-bond acceptors (Lipinski definition) is 7. The number of thioether (sulfide) groups is 1. The first kappa shape index (κ1) is 19.8. The third-order valence-electron chi connectivity index (χ3n) is 3.72. The fraction of sp³-hybridized carbons (Fsp3) is 0.263. The molecule has 0 aliphatic heterocycles. The van der Waals surface area contributed by atoms with Gasteiger partial charge < -0.3 is 15.2 Å². The molecule has 1 aromatic heterocycles. The number of halogens is 1. The molecule has 2 N–H and O–H groups in total. The van der Waals surface area contributed by atoms with E-state index < -0.39 is 6.10 Å². The van der Waals surface area contributed by atoms with Crippen molar-refractivity contribution in [1.82, 2.24) is 10.2 Å². The van der Waals surface area contributed by atoms with Crippen LogP contribution < -0.4 is 5.32 Å². The minimum atomic E-state index is -0.668. The van der Waals surface area contributed by atoms with Crippen LogP contribution in [-0.2, 0) is 11.3 Å². The van der Waals surface area contributed by atoms with E-state index in [9.17, 15) is 9.50 Å². The zero-order valence-corrected chi connectivity index (χ0v) is 16.4. The Bertz CT molecular complexity index is 875. The van der Waals surface area contributed by atoms with Gasteiger partial charge in [0, 0.05) is 17.0 Å². The highest BCUT2D eigenvalue weighted by Gasteiger charge is 2.11. The van der Waals surface area contributed by atoms with Gasteiger partial charge in [-0.2, -0.15) is 0 Å². The summed E-state index contributed by atoms with van der Waals surface area (Å²) in [6, 6.07) is 14.4. The standard InChI is InChI=1S/C19H20FN3O2S2/c1-13-6-2-5-9-17(13)21-18-22-23-19(27-18)26-12-15(24)11-25-10-14-7-3-4-8-16(14)20/h2-9,15,24H,10-12H2,1H3,(H,21,22)/t15-/m1/s1. The van der Waals surface area contributed by atoms with Crippen molar-refractivity contribution < 1.29 is 14.2 Å². The second kappa shape index (κ2) is 9.80. The lowest BCUT2D eigenvalue weighted by atomic mass is 10.2. The number of aromatic nitrogens is 2. The second-order valence-electron chi connectivity index (χ2n) is 5.88. The zero-order valence-electron chi connectivity index (χ0n) is 14.8. The predicted octanol–water partition coefficient (Wildman–Crippen LogP) is 4.40. The number of rotatable bonds is 9. The molecule has 0 bridgehead atoms. The molecule has 1 heterocycles. The molecule has 0 saturated carbocycles. The lowest BCUT2D eigenvalue weighted by molar-refractivity contribution is 0.0387. The minimum absolute atomic E-state index is 0.133. The molecule has 0 aliphatic carbocycles. The number of benzene rings is 2. The molecule has 0 unspecified atom stereocenters. The second-order valence-corrected chi connectivity index (χ2v) is 8.13. The Kier molecular flexibility index (Phi) is 7.17. The molecule has 0 saturated heterocycles. The normalized spacial score (nSPS) is 12.1. The Hall–Kier alpha value is -2.00. The largest absolute Gasteiger partial charge is 0.390 e. The molecule has 142 valence electrons. The van der Waals surface area contributed by atoms with E-state index in [2.05, 4.69) is 15.5 Å². The van der Waals surface area contributed by atoms with Gasteiger partial charge in [0.25, 0.3) is 0 Å². The van der Waals surface area contributed by atoms with Crippen LogP contribution in [0.4, 0.5) is 15.2 Å². The Morgan fingerprint density at radius 2 is 1.96 bits per heavy atom. The van der Waals surface area contributed by atoms with Crippen LogP contribution in [0, 0.1) is 12.7 Å². The minimum Gasteiger partial charge on any atom is -0.390 e. The van der Waals surface area contributed by atoms with Gasteiger partial charge in [0.05, 0.1) is 19.3 Å². The van der Waals surface area contributed by atoms with Crippen molar-refractivity contribution in [3.8, 4) is 0 Å². The van der Waals surface area contributed by atoms with Crippen molar-refractivity contribution in [3.63, 3.8) is 0 Å². The third kappa shape index (κ3) is 6.00. The topological polar surface area (TPSA) is 67.3 Å². The summed E-state index contributed by atoms with van der Waals surface area (Å²) in [5.41, 5.74) is 2.60. The first-order valence-electron chi connectivity index (χ1n) is 8.40. The molecule has 3 aromatic rings. The van der Waals surface area contributed by atoms with Crippen LogP contribution in [0.1, 0.15) is 11.1 Å². The summed E-state index contributed by atoms with van der Waals surface area (Å²) < 4.78 is 19.7. The highest BCUT2D eigenvalue weighted by atomic mass is 32.2. The molecule has 3 rings (SSSR count). The number of hydrogen-bond donors (Lipinski definition) is 2. The van der Waals surface area contributed by atoms with Crippen molar-refractivity contribution >= 4 is 33.9 Å². The van der Waals surface area contributed by atoms with Crippen LogP contribution in [0.25, 0.3) is 0 Å². The number of nitrogens with one attached hydrogen (secondary N) is 1. The molecule has 0 radical (unpaired) electrons. The zero-order chi connectivity index (χ0) is 19.1. The van der Waals surface area contributed by atoms with E-state index in [-0.39, 0.29) is 19.0 Å². The SMILES string of the molecule is Cc1ccccc1Nc1nnc(SC[C@H](O)COCc2ccccc2F)s1. The lowest BCUT2D eigenvalue weighted by Gasteiger charge is -2.10. The lowest BCUT2D eigenvalue weighted by Crippen LogP contribution is -2.18. The maximum atomic E-state index is 13.5. The van der Waals surface area contributed by atoms with Gasteiger partial charge in [-0.3, -0.25) is 0 Å². The van der Waals surface area contributed by atoms with Gasteiger partial charge in [-0.15, -0.1) is 10.2 Å². The summed E-state index contributed by atoms with van der Waals surface area (Å²) in [7, 11) is 0. The van der Waals surface area contributed by atoms with E-state index in [0.29, 0.717) is 16.4 Å². The van der Waals surface area contributed by atoms with E-state index in [0.717, 1.165) is 15.6 Å². The molecule has 5 nitrogen and oxygen atoms in total. The van der Waals surface area contributed by atoms with Crippen LogP contribution >= 0.6 is 23.1 Å². The maximum Gasteiger partial charge on any atom is 0.210 e. The van der Waals surface area contributed by atoms with Gasteiger partial charge in [0.2, 0.25) is 5.13 Å². The Labute approximate surface area is 165 Å². The highest BCUT2D eigenvalue weighted by Crippen LogP contribution is 2.29. The number of para-hydroxylation sites is 1. The van der Waals surface area contributed by atoms with Crippen molar-refractivity contribution in [1.29, 1.82) is 0 Å². The quantitative estimate of drug-likeness (QED) is 0.515. The number of ether oxygens (including phenoxy) is 1. The Morgan fingerprint density at radius 3 is 2.78 bits per heavy atom. The average molecular weight is 406 g/mol. The van der Waals surface area contributed by atoms with Crippen LogP contribution in [-0.4, -0.2) is 33.8 Å². The monoisotopic (exact) mass is 405 g/mol. The molecule has 0 aliphatic rings. The van der Waals surface area contributed by atoms with E-state index in [4.69, 9.17) is 4.74 Å². The average Bonchev–Trinajstić information content (AvgIpc) is 3.11. The van der Waals surface area contributed by atoms with Crippen LogP contribution in [0.2, 0.25) is 0 Å². The number of aliphatic hydroxyl groups excluding tert-OH is 1. The summed E-state index contributed by atoms with van der Waals surface area (Å²) in [6.07, 6.45) is -0.668. The first-order valence-corrected chi connectivity index (χ1v) is 10.2. The van der Waals surface area contributed by atoms with E-state index in [1.807, 2.05) is 31.2 Å². The summed E-state index contributed by atoms with van der Waals surface area (Å²) in [5.74, 6) is 0.125. The molecular formula is C19H20FN3O2S2. The first-order chi connectivity index (χ1) is 13.1. The van der Waals surface area contributed by atoms with Crippen LogP contribution in [0.3, 0.4) is 0 Å². The summed E-state index contributed by atoms with van der Waals surface area (Å²) >= 11 is 2.84. The van der Waals surface area contributed by atoms with Gasteiger partial charge in [0.1, 0.15) is 5.82 Å². The number of anilines is 2. The van der Waals surface area contributed by atoms with Crippen LogP contribution in [0.15, 0.2) is 52.9 Å². The number of aliphatic hydroxyl groups is 1. The van der Waals surface area contributed by atoms with E-state index in [1.165, 1.54) is 29.2 Å². The Morgan fingerprint density at radius 1 is 1.19 bits per heavy atom. The fourth-order valence-corrected chi connectivity index (χ4v) is 3.98. The molecule has 0 fully saturated rings. The maximum absolute atomic E-state index is 13.5. The molecular weight excluding hydrogens is 385 g/mol. The smallest absolute Gasteiger partial charge is 0.210 e. The van der Waals surface area contributed by atoms with Gasteiger partial charge in [-0.1, -0.05) is 59.5 Å². The summed E-state index contributed by atoms with van der Waals surface area (Å²) in [5, 5.41) is 22.2. The van der Waals surface area contributed by atoms with Crippen LogP contribution in [0.5, 0.6) is 0 Å². The van der Waals surface area contributed by atoms with Gasteiger partial charge in [0.15, 0.2) is 4.34 Å². The molecule has 0 spiro atoms. The highest BCUT2D eigenvalue weighted by molar-refractivity contribution is 8.01. The van der Waals surface area contributed by atoms with Gasteiger partial charge in [-0.25, -0.2) is 4.39 Å². The number of nitrogens with zero attached hydrogens (tertiary/aromatic N) is 2. The summed E-state index contributed by atoms with van der Waals surface area (Å²) in [6.45, 7) is 2.29. The van der Waals surface area contributed by atoms with Gasteiger partial charge in [-0.05, 0) is 24.6 Å². The predicted molar refractivity (Wildman–Crippen MR) is 107 cm³/mol. The van der Waals surface area contributed by atoms with E-state index >= 15 is 0 Å².